The summed E-state index contributed by atoms with van der Waals surface area (Å²) in [5.41, 5.74) is 0.802. The van der Waals surface area contributed by atoms with Gasteiger partial charge in [0.25, 0.3) is 0 Å². The van der Waals surface area contributed by atoms with Gasteiger partial charge in [-0.25, -0.2) is 0 Å². The molecule has 0 aliphatic carbocycles. The second-order valence-electron chi connectivity index (χ2n) is 4.15. The number of hydrogen-bond donors (Lipinski definition) is 2. The summed E-state index contributed by atoms with van der Waals surface area (Å²) in [6.45, 7) is 2.83. The van der Waals surface area contributed by atoms with Crippen LogP contribution in [-0.2, 0) is 4.79 Å². The highest BCUT2D eigenvalue weighted by Crippen LogP contribution is 2.13. The fraction of sp³-hybridized carbons (Fsp3) is 0.462. The Kier molecular flexibility index (Phi) is 6.08. The molecule has 0 fully saturated rings. The summed E-state index contributed by atoms with van der Waals surface area (Å²) in [5, 5.41) is 12.3. The maximum atomic E-state index is 11.2. The summed E-state index contributed by atoms with van der Waals surface area (Å²) in [6.07, 6.45) is 2.06. The van der Waals surface area contributed by atoms with E-state index in [4.69, 9.17) is 0 Å². The van der Waals surface area contributed by atoms with E-state index in [0.717, 1.165) is 11.3 Å². The van der Waals surface area contributed by atoms with Crippen molar-refractivity contribution in [3.63, 3.8) is 0 Å². The number of carboxylic acid groups (broad SMARTS) is 1. The van der Waals surface area contributed by atoms with Gasteiger partial charge in [0.15, 0.2) is 0 Å². The first kappa shape index (κ1) is 14.1. The number of carboxylic acids is 1. The van der Waals surface area contributed by atoms with Crippen LogP contribution >= 0.6 is 11.8 Å². The first-order valence-corrected chi connectivity index (χ1v) is 7.04. The third-order valence-electron chi connectivity index (χ3n) is 2.50. The van der Waals surface area contributed by atoms with Crippen molar-refractivity contribution in [1.82, 2.24) is 5.32 Å². The molecule has 1 aromatic carbocycles. The second kappa shape index (κ2) is 7.35. The van der Waals surface area contributed by atoms with Crippen molar-refractivity contribution in [2.45, 2.75) is 13.0 Å². The standard InChI is InChI=1S/C13H19NO2S/c1-10(9-17-2)8-14-12(13(15)16)11-6-4-3-5-7-11/h3-7,10,12,14H,8-9H2,1-2H3,(H,15,16). The number of aliphatic carboxylic acids is 1. The molecular weight excluding hydrogens is 234 g/mol. The molecule has 0 aromatic heterocycles. The van der Waals surface area contributed by atoms with Crippen LogP contribution in [0.5, 0.6) is 0 Å². The molecule has 0 radical (unpaired) electrons. The van der Waals surface area contributed by atoms with Gasteiger partial charge in [0.1, 0.15) is 6.04 Å². The van der Waals surface area contributed by atoms with Gasteiger partial charge in [-0.2, -0.15) is 11.8 Å². The van der Waals surface area contributed by atoms with Crippen LogP contribution in [0, 0.1) is 5.92 Å². The highest BCUT2D eigenvalue weighted by atomic mass is 32.2. The predicted octanol–water partition coefficient (Wildman–Crippen LogP) is 2.40. The molecule has 2 atom stereocenters. The Bertz CT molecular complexity index is 343. The Morgan fingerprint density at radius 3 is 2.59 bits per heavy atom. The van der Waals surface area contributed by atoms with Gasteiger partial charge in [0, 0.05) is 0 Å². The van der Waals surface area contributed by atoms with Crippen molar-refractivity contribution in [2.75, 3.05) is 18.6 Å². The van der Waals surface area contributed by atoms with Gasteiger partial charge in [0.2, 0.25) is 0 Å². The number of carbonyl (C=O) groups is 1. The fourth-order valence-corrected chi connectivity index (χ4v) is 2.34. The minimum atomic E-state index is -0.826. The van der Waals surface area contributed by atoms with E-state index in [9.17, 15) is 9.90 Å². The number of thioether (sulfide) groups is 1. The van der Waals surface area contributed by atoms with Crippen molar-refractivity contribution in [3.8, 4) is 0 Å². The molecule has 94 valence electrons. The molecule has 0 spiro atoms. The van der Waals surface area contributed by atoms with E-state index in [1.165, 1.54) is 0 Å². The Hall–Kier alpha value is -1.00. The fourth-order valence-electron chi connectivity index (χ4n) is 1.66. The minimum Gasteiger partial charge on any atom is -0.480 e. The monoisotopic (exact) mass is 253 g/mol. The molecule has 0 saturated heterocycles. The predicted molar refractivity (Wildman–Crippen MR) is 72.4 cm³/mol. The normalized spacial score (nSPS) is 14.2. The first-order valence-electron chi connectivity index (χ1n) is 5.65. The van der Waals surface area contributed by atoms with Crippen molar-refractivity contribution in [1.29, 1.82) is 0 Å². The van der Waals surface area contributed by atoms with E-state index in [1.54, 1.807) is 11.8 Å². The van der Waals surface area contributed by atoms with Gasteiger partial charge in [-0.3, -0.25) is 4.79 Å². The largest absolute Gasteiger partial charge is 0.480 e. The molecule has 0 heterocycles. The van der Waals surface area contributed by atoms with Gasteiger partial charge in [-0.05, 0) is 30.0 Å². The van der Waals surface area contributed by atoms with Crippen LogP contribution in [-0.4, -0.2) is 29.6 Å². The highest BCUT2D eigenvalue weighted by molar-refractivity contribution is 7.98. The first-order chi connectivity index (χ1) is 8.15. The van der Waals surface area contributed by atoms with Crippen LogP contribution in [0.25, 0.3) is 0 Å². The second-order valence-corrected chi connectivity index (χ2v) is 5.06. The van der Waals surface area contributed by atoms with Gasteiger partial charge in [-0.1, -0.05) is 37.3 Å². The van der Waals surface area contributed by atoms with Crippen molar-refractivity contribution >= 4 is 17.7 Å². The number of rotatable bonds is 7. The van der Waals surface area contributed by atoms with Crippen molar-refractivity contribution in [3.05, 3.63) is 35.9 Å². The minimum absolute atomic E-state index is 0.468. The molecule has 1 aromatic rings. The molecule has 2 N–H and O–H groups in total. The molecular formula is C13H19NO2S. The zero-order valence-corrected chi connectivity index (χ0v) is 11.0. The Morgan fingerprint density at radius 2 is 2.06 bits per heavy atom. The van der Waals surface area contributed by atoms with Crippen molar-refractivity contribution < 1.29 is 9.90 Å². The van der Waals surface area contributed by atoms with E-state index in [0.29, 0.717) is 12.5 Å². The van der Waals surface area contributed by atoms with Crippen LogP contribution in [0.3, 0.4) is 0 Å². The SMILES string of the molecule is CSCC(C)CNC(C(=O)O)c1ccccc1. The summed E-state index contributed by atoms with van der Waals surface area (Å²) in [7, 11) is 0. The van der Waals surface area contributed by atoms with E-state index < -0.39 is 12.0 Å². The summed E-state index contributed by atoms with van der Waals surface area (Å²) in [6, 6.07) is 8.67. The molecule has 4 heteroatoms. The number of nitrogens with one attached hydrogen (secondary N) is 1. The average Bonchev–Trinajstić information content (AvgIpc) is 2.30. The molecule has 0 bridgehead atoms. The molecule has 0 saturated carbocycles. The third-order valence-corrected chi connectivity index (χ3v) is 3.40. The van der Waals surface area contributed by atoms with E-state index in [2.05, 4.69) is 18.5 Å². The van der Waals surface area contributed by atoms with E-state index in [-0.39, 0.29) is 0 Å². The lowest BCUT2D eigenvalue weighted by molar-refractivity contribution is -0.139. The maximum absolute atomic E-state index is 11.2. The quantitative estimate of drug-likeness (QED) is 0.783. The molecule has 0 amide bonds. The molecule has 2 unspecified atom stereocenters. The average molecular weight is 253 g/mol. The Balaban J connectivity index is 2.59. The van der Waals surface area contributed by atoms with Gasteiger partial charge >= 0.3 is 5.97 Å². The summed E-state index contributed by atoms with van der Waals surface area (Å²) < 4.78 is 0. The van der Waals surface area contributed by atoms with Crippen LogP contribution in [0.4, 0.5) is 0 Å². The van der Waals surface area contributed by atoms with Crippen LogP contribution in [0.15, 0.2) is 30.3 Å². The molecule has 0 aliphatic heterocycles. The smallest absolute Gasteiger partial charge is 0.325 e. The topological polar surface area (TPSA) is 49.3 Å². The lowest BCUT2D eigenvalue weighted by Crippen LogP contribution is -2.32. The summed E-state index contributed by atoms with van der Waals surface area (Å²) >= 11 is 1.78. The van der Waals surface area contributed by atoms with Gasteiger partial charge in [0.05, 0.1) is 0 Å². The Morgan fingerprint density at radius 1 is 1.41 bits per heavy atom. The number of benzene rings is 1. The highest BCUT2D eigenvalue weighted by Gasteiger charge is 2.19. The zero-order chi connectivity index (χ0) is 12.7. The number of hydrogen-bond acceptors (Lipinski definition) is 3. The zero-order valence-electron chi connectivity index (χ0n) is 10.2. The third kappa shape index (κ3) is 4.79. The lowest BCUT2D eigenvalue weighted by Gasteiger charge is -2.17. The summed E-state index contributed by atoms with van der Waals surface area (Å²) in [4.78, 5) is 11.2. The van der Waals surface area contributed by atoms with E-state index in [1.807, 2.05) is 30.3 Å². The van der Waals surface area contributed by atoms with Crippen molar-refractivity contribution in [2.24, 2.45) is 5.92 Å². The molecule has 3 nitrogen and oxygen atoms in total. The molecule has 1 rings (SSSR count). The van der Waals surface area contributed by atoms with Crippen LogP contribution < -0.4 is 5.32 Å². The lowest BCUT2D eigenvalue weighted by atomic mass is 10.1. The van der Waals surface area contributed by atoms with Crippen LogP contribution in [0.1, 0.15) is 18.5 Å². The van der Waals surface area contributed by atoms with Crippen LogP contribution in [0.2, 0.25) is 0 Å². The van der Waals surface area contributed by atoms with E-state index >= 15 is 0 Å². The van der Waals surface area contributed by atoms with Gasteiger partial charge < -0.3 is 10.4 Å². The van der Waals surface area contributed by atoms with Gasteiger partial charge in [-0.15, -0.1) is 0 Å². The Labute approximate surface area is 107 Å². The maximum Gasteiger partial charge on any atom is 0.325 e. The molecule has 0 aliphatic rings. The summed E-state index contributed by atoms with van der Waals surface area (Å²) in [5.74, 6) is 0.678. The molecule has 17 heavy (non-hydrogen) atoms.